The van der Waals surface area contributed by atoms with E-state index < -0.39 is 5.97 Å². The molecule has 0 radical (unpaired) electrons. The van der Waals surface area contributed by atoms with Crippen molar-refractivity contribution < 1.29 is 14.7 Å². The molecule has 1 rings (SSSR count). The molecule has 0 spiro atoms. The fourth-order valence-electron chi connectivity index (χ4n) is 2.32. The van der Waals surface area contributed by atoms with E-state index in [1.54, 1.807) is 0 Å². The summed E-state index contributed by atoms with van der Waals surface area (Å²) >= 11 is 1.14. The Bertz CT molecular complexity index is 275. The number of aliphatic carboxylic acids is 1. The molecule has 2 N–H and O–H groups in total. The lowest BCUT2D eigenvalue weighted by molar-refractivity contribution is -0.133. The molecule has 104 valence electrons. The zero-order valence-corrected chi connectivity index (χ0v) is 11.8. The van der Waals surface area contributed by atoms with Crippen molar-refractivity contribution in [2.24, 2.45) is 11.8 Å². The highest BCUT2D eigenvalue weighted by atomic mass is 32.2. The van der Waals surface area contributed by atoms with Gasteiger partial charge in [0.15, 0.2) is 0 Å². The van der Waals surface area contributed by atoms with Gasteiger partial charge in [-0.3, -0.25) is 9.59 Å². The van der Waals surface area contributed by atoms with Gasteiger partial charge in [-0.25, -0.2) is 0 Å². The fourth-order valence-corrected chi connectivity index (χ4v) is 2.88. The van der Waals surface area contributed by atoms with Gasteiger partial charge < -0.3 is 10.4 Å². The van der Waals surface area contributed by atoms with Crippen molar-refractivity contribution in [1.82, 2.24) is 5.32 Å². The van der Waals surface area contributed by atoms with Crippen molar-refractivity contribution in [3.63, 3.8) is 0 Å². The third-order valence-corrected chi connectivity index (χ3v) is 4.39. The maximum absolute atomic E-state index is 11.4. The number of thioether (sulfide) groups is 1. The summed E-state index contributed by atoms with van der Waals surface area (Å²) in [6.45, 7) is 3.03. The van der Waals surface area contributed by atoms with E-state index in [9.17, 15) is 9.59 Å². The van der Waals surface area contributed by atoms with Crippen molar-refractivity contribution in [3.05, 3.63) is 0 Å². The van der Waals surface area contributed by atoms with Gasteiger partial charge in [0.05, 0.1) is 11.5 Å². The first-order valence-electron chi connectivity index (χ1n) is 6.64. The van der Waals surface area contributed by atoms with Gasteiger partial charge in [-0.2, -0.15) is 0 Å². The Hall–Kier alpha value is -0.710. The van der Waals surface area contributed by atoms with E-state index in [-0.39, 0.29) is 17.4 Å². The minimum Gasteiger partial charge on any atom is -0.481 e. The highest BCUT2D eigenvalue weighted by molar-refractivity contribution is 8.00. The quantitative estimate of drug-likeness (QED) is 0.746. The van der Waals surface area contributed by atoms with Crippen LogP contribution >= 0.6 is 11.8 Å². The van der Waals surface area contributed by atoms with E-state index in [1.807, 2.05) is 0 Å². The second-order valence-electron chi connectivity index (χ2n) is 5.15. The lowest BCUT2D eigenvalue weighted by atomic mass is 9.81. The van der Waals surface area contributed by atoms with Crippen molar-refractivity contribution in [1.29, 1.82) is 0 Å². The first kappa shape index (κ1) is 15.3. The predicted molar refractivity (Wildman–Crippen MR) is 73.7 cm³/mol. The van der Waals surface area contributed by atoms with Gasteiger partial charge in [-0.05, 0) is 18.3 Å². The number of nitrogens with one attached hydrogen (secondary N) is 1. The van der Waals surface area contributed by atoms with Crippen molar-refractivity contribution in [3.8, 4) is 0 Å². The van der Waals surface area contributed by atoms with Crippen LogP contribution in [0.3, 0.4) is 0 Å². The summed E-state index contributed by atoms with van der Waals surface area (Å²) < 4.78 is 0. The average molecular weight is 273 g/mol. The van der Waals surface area contributed by atoms with Crippen LogP contribution in [0.5, 0.6) is 0 Å². The maximum Gasteiger partial charge on any atom is 0.313 e. The average Bonchev–Trinajstić information content (AvgIpc) is 2.31. The molecule has 1 saturated carbocycles. The number of carboxylic acid groups (broad SMARTS) is 1. The van der Waals surface area contributed by atoms with Crippen LogP contribution in [0.25, 0.3) is 0 Å². The van der Waals surface area contributed by atoms with E-state index in [1.165, 1.54) is 25.7 Å². The molecular formula is C13H23NO3S. The van der Waals surface area contributed by atoms with Crippen molar-refractivity contribution in [2.45, 2.75) is 39.0 Å². The number of hydrogen-bond donors (Lipinski definition) is 2. The molecule has 0 aromatic heterocycles. The van der Waals surface area contributed by atoms with Gasteiger partial charge in [-0.15, -0.1) is 11.8 Å². The molecule has 0 atom stereocenters. The lowest BCUT2D eigenvalue weighted by Gasteiger charge is -2.26. The number of amides is 1. The molecule has 1 amide bonds. The normalized spacial score (nSPS) is 23.6. The first-order chi connectivity index (χ1) is 8.58. The molecule has 1 aliphatic carbocycles. The smallest absolute Gasteiger partial charge is 0.313 e. The van der Waals surface area contributed by atoms with E-state index in [0.29, 0.717) is 0 Å². The van der Waals surface area contributed by atoms with Gasteiger partial charge in [-0.1, -0.05) is 32.6 Å². The Morgan fingerprint density at radius 2 is 1.89 bits per heavy atom. The Labute approximate surface area is 113 Å². The van der Waals surface area contributed by atoms with Crippen LogP contribution in [-0.2, 0) is 9.59 Å². The first-order valence-corrected chi connectivity index (χ1v) is 7.79. The van der Waals surface area contributed by atoms with Gasteiger partial charge in [0.25, 0.3) is 0 Å². The highest BCUT2D eigenvalue weighted by Gasteiger charge is 2.17. The zero-order chi connectivity index (χ0) is 13.4. The molecule has 0 aromatic carbocycles. The zero-order valence-electron chi connectivity index (χ0n) is 11.0. The minimum atomic E-state index is -0.871. The van der Waals surface area contributed by atoms with Crippen LogP contribution in [0.15, 0.2) is 0 Å². The highest BCUT2D eigenvalue weighted by Crippen LogP contribution is 2.29. The minimum absolute atomic E-state index is 0.00602. The number of hydrogen-bond acceptors (Lipinski definition) is 3. The van der Waals surface area contributed by atoms with Crippen LogP contribution in [0, 0.1) is 11.8 Å². The molecule has 0 aliphatic heterocycles. The maximum atomic E-state index is 11.4. The van der Waals surface area contributed by atoms with Crippen LogP contribution in [0.1, 0.15) is 39.0 Å². The summed E-state index contributed by atoms with van der Waals surface area (Å²) in [6.07, 6.45) is 6.25. The number of rotatable bonds is 7. The van der Waals surface area contributed by atoms with E-state index in [4.69, 9.17) is 5.11 Å². The van der Waals surface area contributed by atoms with Crippen LogP contribution < -0.4 is 5.32 Å². The molecular weight excluding hydrogens is 250 g/mol. The summed E-state index contributed by atoms with van der Waals surface area (Å²) in [4.78, 5) is 21.7. The Balaban J connectivity index is 2.00. The Morgan fingerprint density at radius 1 is 1.22 bits per heavy atom. The lowest BCUT2D eigenvalue weighted by Crippen LogP contribution is -2.28. The second kappa shape index (κ2) is 8.40. The van der Waals surface area contributed by atoms with Crippen LogP contribution in [-0.4, -0.2) is 35.0 Å². The summed E-state index contributed by atoms with van der Waals surface area (Å²) in [5.41, 5.74) is 0. The van der Waals surface area contributed by atoms with Crippen LogP contribution in [0.2, 0.25) is 0 Å². The predicted octanol–water partition coefficient (Wildman–Crippen LogP) is 2.14. The molecule has 0 unspecified atom stereocenters. The van der Waals surface area contributed by atoms with E-state index >= 15 is 0 Å². The second-order valence-corrected chi connectivity index (χ2v) is 6.14. The van der Waals surface area contributed by atoms with E-state index in [2.05, 4.69) is 12.2 Å². The summed E-state index contributed by atoms with van der Waals surface area (Å²) in [5, 5.41) is 11.3. The molecule has 1 aliphatic rings. The largest absolute Gasteiger partial charge is 0.481 e. The standard InChI is InChI=1S/C13H23NO3S/c1-10-2-4-11(5-3-10)6-7-14-12(15)8-18-9-13(16)17/h10-11H,2-9H2,1H3,(H,14,15)(H,16,17). The summed E-state index contributed by atoms with van der Waals surface area (Å²) in [7, 11) is 0. The van der Waals surface area contributed by atoms with E-state index in [0.717, 1.165) is 36.6 Å². The molecule has 4 nitrogen and oxygen atoms in total. The molecule has 5 heteroatoms. The number of carbonyl (C=O) groups excluding carboxylic acids is 1. The molecule has 0 bridgehead atoms. The van der Waals surface area contributed by atoms with Gasteiger partial charge in [0.1, 0.15) is 0 Å². The molecule has 0 heterocycles. The van der Waals surface area contributed by atoms with Gasteiger partial charge in [0, 0.05) is 6.54 Å². The third kappa shape index (κ3) is 6.89. The fraction of sp³-hybridized carbons (Fsp3) is 0.846. The molecule has 0 aromatic rings. The van der Waals surface area contributed by atoms with Crippen molar-refractivity contribution in [2.75, 3.05) is 18.1 Å². The third-order valence-electron chi connectivity index (χ3n) is 3.47. The molecule has 18 heavy (non-hydrogen) atoms. The Morgan fingerprint density at radius 3 is 2.50 bits per heavy atom. The van der Waals surface area contributed by atoms with Crippen LogP contribution in [0.4, 0.5) is 0 Å². The summed E-state index contributed by atoms with van der Waals surface area (Å²) in [6, 6.07) is 0. The number of carboxylic acids is 1. The number of carbonyl (C=O) groups is 2. The topological polar surface area (TPSA) is 66.4 Å². The monoisotopic (exact) mass is 273 g/mol. The van der Waals surface area contributed by atoms with Gasteiger partial charge in [0.2, 0.25) is 5.91 Å². The Kier molecular flexibility index (Phi) is 7.16. The molecule has 1 fully saturated rings. The SMILES string of the molecule is CC1CCC(CCNC(=O)CSCC(=O)O)CC1. The van der Waals surface area contributed by atoms with Crippen molar-refractivity contribution >= 4 is 23.6 Å². The van der Waals surface area contributed by atoms with Gasteiger partial charge >= 0.3 is 5.97 Å². The summed E-state index contributed by atoms with van der Waals surface area (Å²) in [5.74, 6) is 0.938. The molecule has 0 saturated heterocycles.